The minimum absolute atomic E-state index is 0.0867. The number of ether oxygens (including phenoxy) is 3. The lowest BCUT2D eigenvalue weighted by atomic mass is 9.99. The Kier molecular flexibility index (Phi) is 10.3. The molecule has 0 spiro atoms. The van der Waals surface area contributed by atoms with Crippen LogP contribution in [0.15, 0.2) is 18.2 Å². The number of esters is 2. The quantitative estimate of drug-likeness (QED) is 0.433. The van der Waals surface area contributed by atoms with Gasteiger partial charge in [0, 0.05) is 20.3 Å². The van der Waals surface area contributed by atoms with Crippen LogP contribution in [0.5, 0.6) is 11.5 Å². The molecule has 0 radical (unpaired) electrons. The second-order valence-corrected chi connectivity index (χ2v) is 6.74. The van der Waals surface area contributed by atoms with Crippen LogP contribution < -0.4 is 4.74 Å². The molecule has 0 aliphatic rings. The summed E-state index contributed by atoms with van der Waals surface area (Å²) in [5.41, 5.74) is 0.969. The number of unbranched alkanes of at least 4 members (excludes halogenated alkanes) is 2. The van der Waals surface area contributed by atoms with Gasteiger partial charge in [-0.3, -0.25) is 9.59 Å². The van der Waals surface area contributed by atoms with Crippen LogP contribution in [0.4, 0.5) is 0 Å². The largest absolute Gasteiger partial charge is 0.504 e. The van der Waals surface area contributed by atoms with Crippen LogP contribution >= 0.6 is 0 Å². The summed E-state index contributed by atoms with van der Waals surface area (Å²) < 4.78 is 16.0. The third kappa shape index (κ3) is 9.31. The van der Waals surface area contributed by atoms with Gasteiger partial charge in [-0.25, -0.2) is 0 Å². The molecule has 0 amide bonds. The fourth-order valence-electron chi connectivity index (χ4n) is 3.04. The molecule has 0 bridgehead atoms. The molecule has 0 saturated heterocycles. The van der Waals surface area contributed by atoms with E-state index < -0.39 is 0 Å². The number of aryl methyl sites for hydroxylation is 1. The maximum Gasteiger partial charge on any atom is 0.302 e. The Bertz CT molecular complexity index is 598. The summed E-state index contributed by atoms with van der Waals surface area (Å²) in [7, 11) is 1.50. The topological polar surface area (TPSA) is 82.1 Å². The second kappa shape index (κ2) is 12.2. The minimum atomic E-state index is -0.349. The van der Waals surface area contributed by atoms with Gasteiger partial charge in [0.05, 0.1) is 7.11 Å². The Morgan fingerprint density at radius 1 is 1.04 bits per heavy atom. The Morgan fingerprint density at radius 3 is 2.22 bits per heavy atom. The van der Waals surface area contributed by atoms with Crippen LogP contribution in [0.3, 0.4) is 0 Å². The van der Waals surface area contributed by atoms with E-state index in [-0.39, 0.29) is 29.9 Å². The molecule has 0 aromatic heterocycles. The highest BCUT2D eigenvalue weighted by molar-refractivity contribution is 5.66. The number of carbonyl (C=O) groups excluding carboxylic acids is 2. The predicted octanol–water partition coefficient (Wildman–Crippen LogP) is 4.17. The molecule has 0 saturated carbocycles. The summed E-state index contributed by atoms with van der Waals surface area (Å²) >= 11 is 0. The molecule has 27 heavy (non-hydrogen) atoms. The number of hydrogen-bond donors (Lipinski definition) is 1. The van der Waals surface area contributed by atoms with E-state index in [1.165, 1.54) is 21.0 Å². The first-order chi connectivity index (χ1) is 12.8. The van der Waals surface area contributed by atoms with Gasteiger partial charge in [-0.2, -0.15) is 0 Å². The van der Waals surface area contributed by atoms with Crippen LogP contribution in [0.1, 0.15) is 64.9 Å². The van der Waals surface area contributed by atoms with Gasteiger partial charge in [0.15, 0.2) is 11.5 Å². The molecular weight excluding hydrogens is 348 g/mol. The number of aromatic hydroxyl groups is 1. The first-order valence-corrected chi connectivity index (χ1v) is 9.56. The highest BCUT2D eigenvalue weighted by Gasteiger charge is 2.21. The predicted molar refractivity (Wildman–Crippen MR) is 103 cm³/mol. The van der Waals surface area contributed by atoms with E-state index in [0.717, 1.165) is 31.2 Å². The van der Waals surface area contributed by atoms with Crippen molar-refractivity contribution in [1.82, 2.24) is 0 Å². The molecule has 152 valence electrons. The lowest BCUT2D eigenvalue weighted by Crippen LogP contribution is -2.27. The number of phenols is 1. The zero-order chi connectivity index (χ0) is 20.2. The molecule has 6 nitrogen and oxygen atoms in total. The third-order valence-corrected chi connectivity index (χ3v) is 4.32. The van der Waals surface area contributed by atoms with Crippen molar-refractivity contribution in [2.45, 2.75) is 77.9 Å². The number of phenolic OH excluding ortho intramolecular Hbond substituents is 1. The molecule has 2 atom stereocenters. The van der Waals surface area contributed by atoms with Gasteiger partial charge in [0.2, 0.25) is 0 Å². The summed E-state index contributed by atoms with van der Waals surface area (Å²) in [5, 5.41) is 9.69. The molecule has 0 aliphatic carbocycles. The van der Waals surface area contributed by atoms with E-state index >= 15 is 0 Å². The second-order valence-electron chi connectivity index (χ2n) is 6.74. The molecular formula is C21H32O6. The monoisotopic (exact) mass is 380 g/mol. The maximum atomic E-state index is 11.5. The van der Waals surface area contributed by atoms with E-state index in [4.69, 9.17) is 14.2 Å². The van der Waals surface area contributed by atoms with Gasteiger partial charge in [0.1, 0.15) is 12.2 Å². The van der Waals surface area contributed by atoms with Crippen LogP contribution in [-0.2, 0) is 25.5 Å². The van der Waals surface area contributed by atoms with E-state index in [0.29, 0.717) is 25.0 Å². The minimum Gasteiger partial charge on any atom is -0.504 e. The summed E-state index contributed by atoms with van der Waals surface area (Å²) in [4.78, 5) is 22.9. The van der Waals surface area contributed by atoms with Gasteiger partial charge in [-0.1, -0.05) is 25.8 Å². The summed E-state index contributed by atoms with van der Waals surface area (Å²) in [6.45, 7) is 4.90. The number of benzene rings is 1. The number of hydrogen-bond acceptors (Lipinski definition) is 6. The zero-order valence-electron chi connectivity index (χ0n) is 16.8. The molecule has 1 rings (SSSR count). The van der Waals surface area contributed by atoms with Gasteiger partial charge < -0.3 is 19.3 Å². The van der Waals surface area contributed by atoms with Crippen LogP contribution in [0.25, 0.3) is 0 Å². The number of methoxy groups -OCH3 is 1. The molecule has 1 aromatic carbocycles. The lowest BCUT2D eigenvalue weighted by Gasteiger charge is -2.23. The Labute approximate surface area is 161 Å². The smallest absolute Gasteiger partial charge is 0.302 e. The average molecular weight is 380 g/mol. The van der Waals surface area contributed by atoms with Crippen LogP contribution in [0.2, 0.25) is 0 Å². The summed E-state index contributed by atoms with van der Waals surface area (Å²) in [6, 6.07) is 5.17. The van der Waals surface area contributed by atoms with Gasteiger partial charge in [-0.15, -0.1) is 0 Å². The first kappa shape index (κ1) is 22.8. The molecule has 6 heteroatoms. The Hall–Kier alpha value is -2.24. The zero-order valence-corrected chi connectivity index (χ0v) is 16.8. The first-order valence-electron chi connectivity index (χ1n) is 9.56. The summed E-state index contributed by atoms with van der Waals surface area (Å²) in [5.74, 6) is -0.169. The summed E-state index contributed by atoms with van der Waals surface area (Å²) in [6.07, 6.45) is 5.02. The third-order valence-electron chi connectivity index (χ3n) is 4.32. The van der Waals surface area contributed by atoms with Crippen molar-refractivity contribution in [3.8, 4) is 11.5 Å². The fraction of sp³-hybridized carbons (Fsp3) is 0.619. The van der Waals surface area contributed by atoms with Crippen molar-refractivity contribution in [2.24, 2.45) is 0 Å². The van der Waals surface area contributed by atoms with Gasteiger partial charge >= 0.3 is 11.9 Å². The Balaban J connectivity index is 2.74. The van der Waals surface area contributed by atoms with Crippen molar-refractivity contribution < 1.29 is 28.9 Å². The van der Waals surface area contributed by atoms with Crippen molar-refractivity contribution in [1.29, 1.82) is 0 Å². The van der Waals surface area contributed by atoms with Crippen LogP contribution in [0, 0.1) is 0 Å². The standard InChI is InChI=1S/C21H32O6/c1-5-6-7-8-18(26-15(2)22)14-19(27-16(3)23)11-9-17-10-12-20(24)21(13-17)25-4/h10,12-13,18-19,24H,5-9,11,14H2,1-4H3/t18-,19-/m0/s1. The molecule has 0 heterocycles. The van der Waals surface area contributed by atoms with Crippen molar-refractivity contribution >= 4 is 11.9 Å². The fourth-order valence-corrected chi connectivity index (χ4v) is 3.04. The normalized spacial score (nSPS) is 12.9. The lowest BCUT2D eigenvalue weighted by molar-refractivity contribution is -0.153. The maximum absolute atomic E-state index is 11.5. The van der Waals surface area contributed by atoms with Crippen molar-refractivity contribution in [3.05, 3.63) is 23.8 Å². The molecule has 1 N–H and O–H groups in total. The molecule has 0 fully saturated rings. The van der Waals surface area contributed by atoms with Crippen molar-refractivity contribution in [3.63, 3.8) is 0 Å². The SMILES string of the molecule is CCCCC[C@@H](C[C@H](CCc1ccc(O)c(OC)c1)OC(C)=O)OC(C)=O. The van der Waals surface area contributed by atoms with E-state index in [9.17, 15) is 14.7 Å². The van der Waals surface area contributed by atoms with Gasteiger partial charge in [-0.05, 0) is 43.4 Å². The van der Waals surface area contributed by atoms with E-state index in [2.05, 4.69) is 6.92 Å². The molecule has 0 unspecified atom stereocenters. The number of carbonyl (C=O) groups is 2. The molecule has 1 aromatic rings. The van der Waals surface area contributed by atoms with E-state index in [1.807, 2.05) is 6.07 Å². The highest BCUT2D eigenvalue weighted by Crippen LogP contribution is 2.27. The van der Waals surface area contributed by atoms with Crippen LogP contribution in [-0.4, -0.2) is 36.4 Å². The van der Waals surface area contributed by atoms with Crippen molar-refractivity contribution in [2.75, 3.05) is 7.11 Å². The Morgan fingerprint density at radius 2 is 1.67 bits per heavy atom. The highest BCUT2D eigenvalue weighted by atomic mass is 16.6. The molecule has 0 aliphatic heterocycles. The number of rotatable bonds is 12. The van der Waals surface area contributed by atoms with Gasteiger partial charge in [0.25, 0.3) is 0 Å². The average Bonchev–Trinajstić information content (AvgIpc) is 2.60. The van der Waals surface area contributed by atoms with E-state index in [1.54, 1.807) is 12.1 Å².